The molecule has 1 N–H and O–H groups in total. The Bertz CT molecular complexity index is 723. The number of rotatable bonds is 5. The zero-order valence-corrected chi connectivity index (χ0v) is 12.6. The molecule has 0 aliphatic heterocycles. The minimum atomic E-state index is -3.72. The van der Waals surface area contributed by atoms with Gasteiger partial charge in [0.05, 0.1) is 23.7 Å². The summed E-state index contributed by atoms with van der Waals surface area (Å²) in [6.07, 6.45) is 1.68. The number of hydrogen-bond donors (Lipinski definition) is 1. The SMILES string of the molecule is CC[C@H](c1ccc(F)cc1)S(=O)(=O)c1ncc(CO)n1C. The molecule has 0 aliphatic carbocycles. The van der Waals surface area contributed by atoms with Crippen LogP contribution in [0.25, 0.3) is 0 Å². The first-order chi connectivity index (χ1) is 9.91. The summed E-state index contributed by atoms with van der Waals surface area (Å²) in [6, 6.07) is 5.42. The molecule has 2 aromatic rings. The van der Waals surface area contributed by atoms with Crippen LogP contribution in [0.5, 0.6) is 0 Å². The smallest absolute Gasteiger partial charge is 0.228 e. The van der Waals surface area contributed by atoms with E-state index in [4.69, 9.17) is 5.11 Å². The number of imidazole rings is 1. The fraction of sp³-hybridized carbons (Fsp3) is 0.357. The van der Waals surface area contributed by atoms with Gasteiger partial charge in [-0.1, -0.05) is 19.1 Å². The predicted octanol–water partition coefficient (Wildman–Crippen LogP) is 1.98. The van der Waals surface area contributed by atoms with E-state index in [0.717, 1.165) is 0 Å². The van der Waals surface area contributed by atoms with Crippen LogP contribution in [0.4, 0.5) is 4.39 Å². The third-order valence-electron chi connectivity index (χ3n) is 3.45. The number of benzene rings is 1. The van der Waals surface area contributed by atoms with E-state index in [1.54, 1.807) is 14.0 Å². The highest BCUT2D eigenvalue weighted by Crippen LogP contribution is 2.31. The van der Waals surface area contributed by atoms with Crippen molar-refractivity contribution in [2.24, 2.45) is 7.05 Å². The number of aliphatic hydroxyl groups excluding tert-OH is 1. The van der Waals surface area contributed by atoms with Crippen molar-refractivity contribution >= 4 is 9.84 Å². The predicted molar refractivity (Wildman–Crippen MR) is 75.7 cm³/mol. The van der Waals surface area contributed by atoms with Crippen LogP contribution >= 0.6 is 0 Å². The van der Waals surface area contributed by atoms with Crippen LogP contribution < -0.4 is 0 Å². The molecule has 114 valence electrons. The Morgan fingerprint density at radius 1 is 1.33 bits per heavy atom. The molecular formula is C14H17FN2O3S. The Morgan fingerprint density at radius 2 is 1.95 bits per heavy atom. The number of sulfone groups is 1. The summed E-state index contributed by atoms with van der Waals surface area (Å²) in [5.41, 5.74) is 0.940. The zero-order valence-electron chi connectivity index (χ0n) is 11.8. The lowest BCUT2D eigenvalue weighted by Gasteiger charge is -2.16. The minimum absolute atomic E-state index is 0.0947. The molecule has 1 aromatic heterocycles. The summed E-state index contributed by atoms with van der Waals surface area (Å²) in [5.74, 6) is -0.412. The maximum atomic E-state index is 13.0. The van der Waals surface area contributed by atoms with E-state index >= 15 is 0 Å². The molecule has 0 aliphatic rings. The number of halogens is 1. The molecule has 0 saturated carbocycles. The van der Waals surface area contributed by atoms with Crippen molar-refractivity contribution in [2.45, 2.75) is 30.4 Å². The highest BCUT2D eigenvalue weighted by Gasteiger charge is 2.31. The highest BCUT2D eigenvalue weighted by atomic mass is 32.2. The van der Waals surface area contributed by atoms with E-state index in [1.807, 2.05) is 0 Å². The van der Waals surface area contributed by atoms with Crippen LogP contribution in [0.15, 0.2) is 35.6 Å². The average Bonchev–Trinajstić information content (AvgIpc) is 2.83. The van der Waals surface area contributed by atoms with Crippen LogP contribution in [0.3, 0.4) is 0 Å². The maximum absolute atomic E-state index is 13.0. The van der Waals surface area contributed by atoms with Crippen LogP contribution in [-0.4, -0.2) is 23.1 Å². The summed E-state index contributed by atoms with van der Waals surface area (Å²) in [6.45, 7) is 1.47. The van der Waals surface area contributed by atoms with Crippen molar-refractivity contribution in [3.05, 3.63) is 47.5 Å². The van der Waals surface area contributed by atoms with Crippen LogP contribution in [-0.2, 0) is 23.5 Å². The number of nitrogens with zero attached hydrogens (tertiary/aromatic N) is 2. The van der Waals surface area contributed by atoms with Crippen molar-refractivity contribution < 1.29 is 17.9 Å². The summed E-state index contributed by atoms with van der Waals surface area (Å²) < 4.78 is 39.8. The van der Waals surface area contributed by atoms with Crippen LogP contribution in [0.1, 0.15) is 29.9 Å². The van der Waals surface area contributed by atoms with Gasteiger partial charge in [0.2, 0.25) is 15.0 Å². The quantitative estimate of drug-likeness (QED) is 0.916. The molecule has 0 spiro atoms. The van der Waals surface area contributed by atoms with Gasteiger partial charge in [-0.3, -0.25) is 0 Å². The summed E-state index contributed by atoms with van der Waals surface area (Å²) in [7, 11) is -2.17. The first-order valence-corrected chi connectivity index (χ1v) is 8.07. The minimum Gasteiger partial charge on any atom is -0.390 e. The Morgan fingerprint density at radius 3 is 2.43 bits per heavy atom. The topological polar surface area (TPSA) is 72.2 Å². The van der Waals surface area contributed by atoms with Gasteiger partial charge >= 0.3 is 0 Å². The molecule has 1 heterocycles. The van der Waals surface area contributed by atoms with Crippen molar-refractivity contribution in [1.82, 2.24) is 9.55 Å². The van der Waals surface area contributed by atoms with E-state index < -0.39 is 20.9 Å². The van der Waals surface area contributed by atoms with Gasteiger partial charge in [-0.25, -0.2) is 17.8 Å². The van der Waals surface area contributed by atoms with E-state index in [9.17, 15) is 12.8 Å². The molecule has 0 radical (unpaired) electrons. The van der Waals surface area contributed by atoms with Gasteiger partial charge in [-0.2, -0.15) is 0 Å². The standard InChI is InChI=1S/C14H17FN2O3S/c1-3-13(10-4-6-11(15)7-5-10)21(19,20)14-16-8-12(9-18)17(14)2/h4-8,13,18H,3,9H2,1-2H3/t13-/m1/s1. The third-order valence-corrected chi connectivity index (χ3v) is 5.69. The lowest BCUT2D eigenvalue weighted by Crippen LogP contribution is -2.18. The molecule has 0 fully saturated rings. The van der Waals surface area contributed by atoms with Crippen molar-refractivity contribution in [1.29, 1.82) is 0 Å². The van der Waals surface area contributed by atoms with Gasteiger partial charge in [0.25, 0.3) is 0 Å². The highest BCUT2D eigenvalue weighted by molar-refractivity contribution is 7.91. The molecule has 1 aromatic carbocycles. The van der Waals surface area contributed by atoms with E-state index in [2.05, 4.69) is 4.98 Å². The lowest BCUT2D eigenvalue weighted by molar-refractivity contribution is 0.271. The van der Waals surface area contributed by atoms with Gasteiger partial charge < -0.3 is 9.67 Å². The molecule has 1 atom stereocenters. The number of hydrogen-bond acceptors (Lipinski definition) is 4. The van der Waals surface area contributed by atoms with Crippen molar-refractivity contribution in [3.63, 3.8) is 0 Å². The Balaban J connectivity index is 2.49. The largest absolute Gasteiger partial charge is 0.390 e. The van der Waals surface area contributed by atoms with Gasteiger partial charge in [0, 0.05) is 7.05 Å². The second-order valence-corrected chi connectivity index (χ2v) is 6.77. The van der Waals surface area contributed by atoms with Crippen LogP contribution in [0, 0.1) is 5.82 Å². The normalized spacial score (nSPS) is 13.3. The first-order valence-electron chi connectivity index (χ1n) is 6.52. The van der Waals surface area contributed by atoms with Crippen LogP contribution in [0.2, 0.25) is 0 Å². The lowest BCUT2D eigenvalue weighted by atomic mass is 10.1. The molecule has 21 heavy (non-hydrogen) atoms. The first kappa shape index (κ1) is 15.7. The second kappa shape index (κ2) is 5.95. The summed E-state index contributed by atoms with van der Waals surface area (Å²) in [4.78, 5) is 3.91. The van der Waals surface area contributed by atoms with Crippen molar-refractivity contribution in [3.8, 4) is 0 Å². The Hall–Kier alpha value is -1.73. The van der Waals surface area contributed by atoms with Gasteiger partial charge in [0.1, 0.15) is 5.82 Å². The molecule has 0 unspecified atom stereocenters. The number of aliphatic hydroxyl groups is 1. The van der Waals surface area contributed by atoms with E-state index in [-0.39, 0.29) is 11.8 Å². The van der Waals surface area contributed by atoms with E-state index in [1.165, 1.54) is 35.0 Å². The third kappa shape index (κ3) is 2.84. The molecule has 5 nitrogen and oxygen atoms in total. The average molecular weight is 312 g/mol. The Labute approximate surface area is 123 Å². The van der Waals surface area contributed by atoms with Gasteiger partial charge in [-0.05, 0) is 24.1 Å². The molecule has 0 saturated heterocycles. The fourth-order valence-corrected chi connectivity index (χ4v) is 4.18. The zero-order chi connectivity index (χ0) is 15.6. The van der Waals surface area contributed by atoms with Crippen molar-refractivity contribution in [2.75, 3.05) is 0 Å². The van der Waals surface area contributed by atoms with E-state index in [0.29, 0.717) is 17.7 Å². The van der Waals surface area contributed by atoms with Gasteiger partial charge in [0.15, 0.2) is 0 Å². The summed E-state index contributed by atoms with van der Waals surface area (Å²) in [5, 5.41) is 8.25. The molecule has 0 amide bonds. The molecule has 2 rings (SSSR count). The number of aromatic nitrogens is 2. The Kier molecular flexibility index (Phi) is 4.43. The second-order valence-electron chi connectivity index (χ2n) is 4.74. The summed E-state index contributed by atoms with van der Waals surface area (Å²) >= 11 is 0. The van der Waals surface area contributed by atoms with Gasteiger partial charge in [-0.15, -0.1) is 0 Å². The fourth-order valence-electron chi connectivity index (χ4n) is 2.28. The molecule has 0 bridgehead atoms. The molecular weight excluding hydrogens is 295 g/mol. The maximum Gasteiger partial charge on any atom is 0.228 e. The monoisotopic (exact) mass is 312 g/mol. The molecule has 7 heteroatoms.